The molecule has 7 nitrogen and oxygen atoms in total. The number of thioether (sulfide) groups is 1. The summed E-state index contributed by atoms with van der Waals surface area (Å²) in [6.45, 7) is 3.53. The molecule has 1 aliphatic rings. The quantitative estimate of drug-likeness (QED) is 0.566. The Morgan fingerprint density at radius 3 is 2.50 bits per heavy atom. The molecule has 0 amide bonds. The summed E-state index contributed by atoms with van der Waals surface area (Å²) >= 11 is 1.75. The SMILES string of the molecule is CSc1ccc(CN2CCc3nnc(CNS(=O)(=O)c4ccccc4)n3CC2)cc1. The van der Waals surface area contributed by atoms with Crippen LogP contribution in [0.25, 0.3) is 0 Å². The van der Waals surface area contributed by atoms with Crippen molar-refractivity contribution in [3.8, 4) is 0 Å². The fourth-order valence-corrected chi connectivity index (χ4v) is 4.96. The number of nitrogens with one attached hydrogen (secondary N) is 1. The lowest BCUT2D eigenvalue weighted by Gasteiger charge is -2.19. The van der Waals surface area contributed by atoms with Gasteiger partial charge in [0.05, 0.1) is 11.4 Å². The molecule has 1 N–H and O–H groups in total. The maximum absolute atomic E-state index is 12.5. The van der Waals surface area contributed by atoms with Gasteiger partial charge in [0.2, 0.25) is 10.0 Å². The zero-order chi connectivity index (χ0) is 21.0. The van der Waals surface area contributed by atoms with Crippen LogP contribution in [0, 0.1) is 0 Å². The van der Waals surface area contributed by atoms with Crippen molar-refractivity contribution in [2.45, 2.75) is 35.8 Å². The molecule has 0 bridgehead atoms. The topological polar surface area (TPSA) is 80.1 Å². The summed E-state index contributed by atoms with van der Waals surface area (Å²) in [5, 5.41) is 8.53. The molecule has 2 aromatic carbocycles. The first-order valence-electron chi connectivity index (χ1n) is 9.86. The molecule has 30 heavy (non-hydrogen) atoms. The Kier molecular flexibility index (Phi) is 6.52. The van der Waals surface area contributed by atoms with Crippen LogP contribution in [0.15, 0.2) is 64.4 Å². The molecule has 0 spiro atoms. The third-order valence-electron chi connectivity index (χ3n) is 5.23. The van der Waals surface area contributed by atoms with Crippen LogP contribution in [-0.2, 0) is 36.1 Å². The molecule has 1 aromatic heterocycles. The molecule has 0 unspecified atom stereocenters. The molecule has 9 heteroatoms. The lowest BCUT2D eigenvalue weighted by atomic mass is 10.2. The number of aromatic nitrogens is 3. The predicted octanol–water partition coefficient (Wildman–Crippen LogP) is 2.54. The molecular formula is C21H25N5O2S2. The molecule has 0 saturated carbocycles. The fraction of sp³-hybridized carbons (Fsp3) is 0.333. The maximum Gasteiger partial charge on any atom is 0.240 e. The minimum absolute atomic E-state index is 0.125. The van der Waals surface area contributed by atoms with Crippen molar-refractivity contribution in [3.05, 3.63) is 71.8 Å². The van der Waals surface area contributed by atoms with Gasteiger partial charge in [-0.15, -0.1) is 22.0 Å². The molecule has 0 radical (unpaired) electrons. The lowest BCUT2D eigenvalue weighted by Crippen LogP contribution is -2.28. The largest absolute Gasteiger partial charge is 0.313 e. The first-order valence-corrected chi connectivity index (χ1v) is 12.6. The Morgan fingerprint density at radius 2 is 1.77 bits per heavy atom. The van der Waals surface area contributed by atoms with Crippen LogP contribution >= 0.6 is 11.8 Å². The second kappa shape index (κ2) is 9.30. The third-order valence-corrected chi connectivity index (χ3v) is 7.40. The Bertz CT molecular complexity index is 1080. The monoisotopic (exact) mass is 443 g/mol. The van der Waals surface area contributed by atoms with Crippen molar-refractivity contribution >= 4 is 21.8 Å². The van der Waals surface area contributed by atoms with Gasteiger partial charge in [0.15, 0.2) is 0 Å². The number of nitrogens with zero attached hydrogens (tertiary/aromatic N) is 4. The van der Waals surface area contributed by atoms with Gasteiger partial charge in [0.25, 0.3) is 0 Å². The molecule has 3 aromatic rings. The summed E-state index contributed by atoms with van der Waals surface area (Å²) in [5.74, 6) is 1.56. The van der Waals surface area contributed by atoms with Gasteiger partial charge < -0.3 is 4.57 Å². The predicted molar refractivity (Wildman–Crippen MR) is 118 cm³/mol. The van der Waals surface area contributed by atoms with E-state index in [1.54, 1.807) is 42.1 Å². The van der Waals surface area contributed by atoms with Crippen LogP contribution in [0.2, 0.25) is 0 Å². The summed E-state index contributed by atoms with van der Waals surface area (Å²) in [7, 11) is -3.57. The summed E-state index contributed by atoms with van der Waals surface area (Å²) in [5.41, 5.74) is 1.29. The maximum atomic E-state index is 12.5. The van der Waals surface area contributed by atoms with Crippen molar-refractivity contribution in [3.63, 3.8) is 0 Å². The Balaban J connectivity index is 1.39. The van der Waals surface area contributed by atoms with Gasteiger partial charge in [-0.05, 0) is 36.1 Å². The first-order chi connectivity index (χ1) is 14.5. The van der Waals surface area contributed by atoms with E-state index >= 15 is 0 Å². The van der Waals surface area contributed by atoms with E-state index < -0.39 is 10.0 Å². The van der Waals surface area contributed by atoms with E-state index in [1.165, 1.54) is 10.5 Å². The number of sulfonamides is 1. The van der Waals surface area contributed by atoms with Gasteiger partial charge in [-0.2, -0.15) is 0 Å². The molecule has 4 rings (SSSR count). The molecule has 1 aliphatic heterocycles. The van der Waals surface area contributed by atoms with E-state index in [0.29, 0.717) is 5.82 Å². The fourth-order valence-electron chi connectivity index (χ4n) is 3.55. The van der Waals surface area contributed by atoms with E-state index in [1.807, 2.05) is 4.57 Å². The number of fused-ring (bicyclic) bond motifs is 1. The van der Waals surface area contributed by atoms with Crippen LogP contribution in [0.5, 0.6) is 0 Å². The molecular weight excluding hydrogens is 418 g/mol. The van der Waals surface area contributed by atoms with Crippen LogP contribution in [0.1, 0.15) is 17.2 Å². The highest BCUT2D eigenvalue weighted by molar-refractivity contribution is 7.98. The first kappa shape index (κ1) is 21.0. The minimum Gasteiger partial charge on any atom is -0.313 e. The van der Waals surface area contributed by atoms with Gasteiger partial charge in [-0.3, -0.25) is 4.90 Å². The number of benzene rings is 2. The average Bonchev–Trinajstić information content (AvgIpc) is 3.06. The van der Waals surface area contributed by atoms with E-state index in [9.17, 15) is 8.42 Å². The number of hydrogen-bond donors (Lipinski definition) is 1. The van der Waals surface area contributed by atoms with Gasteiger partial charge in [0, 0.05) is 37.5 Å². The Labute approximate surface area is 181 Å². The van der Waals surface area contributed by atoms with E-state index in [-0.39, 0.29) is 11.4 Å². The standard InChI is InChI=1S/C21H25N5O2S2/c1-29-18-9-7-17(8-10-18)16-25-12-11-20-23-24-21(26(20)14-13-25)15-22-30(27,28)19-5-3-2-4-6-19/h2-10,22H,11-16H2,1H3. The van der Waals surface area contributed by atoms with Gasteiger partial charge in [-0.25, -0.2) is 13.1 Å². The second-order valence-corrected chi connectivity index (χ2v) is 9.84. The Hall–Kier alpha value is -2.20. The zero-order valence-electron chi connectivity index (χ0n) is 16.9. The van der Waals surface area contributed by atoms with Crippen molar-refractivity contribution < 1.29 is 8.42 Å². The van der Waals surface area contributed by atoms with E-state index in [2.05, 4.69) is 50.3 Å². The van der Waals surface area contributed by atoms with Crippen LogP contribution in [0.3, 0.4) is 0 Å². The smallest absolute Gasteiger partial charge is 0.240 e. The molecule has 0 atom stereocenters. The summed E-state index contributed by atoms with van der Waals surface area (Å²) in [6.07, 6.45) is 2.87. The van der Waals surface area contributed by atoms with Crippen molar-refractivity contribution in [2.24, 2.45) is 0 Å². The highest BCUT2D eigenvalue weighted by Crippen LogP contribution is 2.17. The Morgan fingerprint density at radius 1 is 1.00 bits per heavy atom. The minimum atomic E-state index is -3.57. The van der Waals surface area contributed by atoms with Gasteiger partial charge in [-0.1, -0.05) is 30.3 Å². The van der Waals surface area contributed by atoms with E-state index in [0.717, 1.165) is 38.4 Å². The molecule has 0 saturated heterocycles. The summed E-state index contributed by atoms with van der Waals surface area (Å²) in [4.78, 5) is 3.92. The molecule has 0 fully saturated rings. The van der Waals surface area contributed by atoms with Crippen LogP contribution < -0.4 is 4.72 Å². The van der Waals surface area contributed by atoms with Crippen LogP contribution in [-0.4, -0.2) is 47.4 Å². The highest BCUT2D eigenvalue weighted by Gasteiger charge is 2.20. The van der Waals surface area contributed by atoms with Gasteiger partial charge >= 0.3 is 0 Å². The van der Waals surface area contributed by atoms with Crippen LogP contribution in [0.4, 0.5) is 0 Å². The second-order valence-electron chi connectivity index (χ2n) is 7.20. The van der Waals surface area contributed by atoms with Crippen molar-refractivity contribution in [2.75, 3.05) is 19.3 Å². The van der Waals surface area contributed by atoms with Gasteiger partial charge in [0.1, 0.15) is 11.6 Å². The molecule has 158 valence electrons. The summed E-state index contributed by atoms with van der Waals surface area (Å²) < 4.78 is 29.7. The molecule has 2 heterocycles. The number of hydrogen-bond acceptors (Lipinski definition) is 6. The highest BCUT2D eigenvalue weighted by atomic mass is 32.2. The van der Waals surface area contributed by atoms with Crippen molar-refractivity contribution in [1.82, 2.24) is 24.4 Å². The zero-order valence-corrected chi connectivity index (χ0v) is 18.5. The normalized spacial score (nSPS) is 15.0. The average molecular weight is 444 g/mol. The number of rotatable bonds is 7. The summed E-state index contributed by atoms with van der Waals surface area (Å²) in [6, 6.07) is 17.0. The van der Waals surface area contributed by atoms with Crippen molar-refractivity contribution in [1.29, 1.82) is 0 Å². The van der Waals surface area contributed by atoms with E-state index in [4.69, 9.17) is 0 Å². The molecule has 0 aliphatic carbocycles. The third kappa shape index (κ3) is 4.92. The lowest BCUT2D eigenvalue weighted by molar-refractivity contribution is 0.270.